The van der Waals surface area contributed by atoms with Gasteiger partial charge in [0.15, 0.2) is 5.82 Å². The normalized spacial score (nSPS) is 14.0. The summed E-state index contributed by atoms with van der Waals surface area (Å²) in [5.41, 5.74) is 17.6. The van der Waals surface area contributed by atoms with Crippen LogP contribution in [0.4, 0.5) is 0 Å². The summed E-state index contributed by atoms with van der Waals surface area (Å²) in [6, 6.07) is 54.1. The highest BCUT2D eigenvalue weighted by atomic mass is 15.1. The average Bonchev–Trinajstić information content (AvgIpc) is 3.61. The molecule has 2 aliphatic rings. The van der Waals surface area contributed by atoms with Crippen LogP contribution in [0.1, 0.15) is 28.8 Å². The van der Waals surface area contributed by atoms with Crippen molar-refractivity contribution < 1.29 is 0 Å². The summed E-state index contributed by atoms with van der Waals surface area (Å²) in [7, 11) is 0. The van der Waals surface area contributed by atoms with E-state index < -0.39 is 0 Å². The van der Waals surface area contributed by atoms with Crippen LogP contribution in [0.2, 0.25) is 0 Å². The second-order valence-corrected chi connectivity index (χ2v) is 13.2. The maximum atomic E-state index is 5.36. The van der Waals surface area contributed by atoms with E-state index in [1.807, 2.05) is 6.07 Å². The molecule has 6 aromatic carbocycles. The highest BCUT2D eigenvalue weighted by Gasteiger charge is 2.20. The first-order chi connectivity index (χ1) is 25.3. The Hall–Kier alpha value is -6.67. The molecular weight excluding hydrogens is 619 g/mol. The van der Waals surface area contributed by atoms with Crippen molar-refractivity contribution in [2.75, 3.05) is 0 Å². The van der Waals surface area contributed by atoms with Crippen molar-refractivity contribution in [1.29, 1.82) is 0 Å². The van der Waals surface area contributed by atoms with E-state index >= 15 is 0 Å². The number of aromatic nitrogens is 2. The lowest BCUT2D eigenvalue weighted by Gasteiger charge is -2.11. The lowest BCUT2D eigenvalue weighted by molar-refractivity contribution is 0.967. The molecule has 0 spiro atoms. The summed E-state index contributed by atoms with van der Waals surface area (Å²) < 4.78 is 4.70. The van der Waals surface area contributed by atoms with Crippen molar-refractivity contribution in [2.45, 2.75) is 12.8 Å². The van der Waals surface area contributed by atoms with E-state index in [0.717, 1.165) is 52.1 Å². The molecule has 3 heterocycles. The number of hydrogen-bond acceptors (Lipinski definition) is 1. The van der Waals surface area contributed by atoms with E-state index in [-0.39, 0.29) is 0 Å². The SMILES string of the molecule is C1=CC(c2ccccc2)=CC(c2ccccc2)=NC=1n1c2ccccc2c2ccc(-c3ccc4c(c3)c3c(n4-c4ccccc4)C=CCC3)cc21. The Morgan fingerprint density at radius 3 is 2.02 bits per heavy atom. The fourth-order valence-corrected chi connectivity index (χ4v) is 7.83. The van der Waals surface area contributed by atoms with E-state index in [9.17, 15) is 0 Å². The maximum Gasteiger partial charge on any atom is 0.183 e. The van der Waals surface area contributed by atoms with Crippen LogP contribution in [0.25, 0.3) is 67.0 Å². The third kappa shape index (κ3) is 4.95. The van der Waals surface area contributed by atoms with E-state index in [1.54, 1.807) is 0 Å². The van der Waals surface area contributed by atoms with Crippen LogP contribution in [0.15, 0.2) is 181 Å². The van der Waals surface area contributed by atoms with E-state index in [4.69, 9.17) is 4.99 Å². The van der Waals surface area contributed by atoms with Gasteiger partial charge in [-0.1, -0.05) is 127 Å². The topological polar surface area (TPSA) is 22.2 Å². The molecule has 0 fully saturated rings. The first-order valence-corrected chi connectivity index (χ1v) is 17.6. The number of aryl methyl sites for hydroxylation is 1. The summed E-state index contributed by atoms with van der Waals surface area (Å²) >= 11 is 0. The Bertz CT molecular complexity index is 2800. The molecule has 1 aliphatic carbocycles. The molecule has 0 unspecified atom stereocenters. The molecule has 8 aromatic rings. The molecule has 0 saturated heterocycles. The minimum Gasteiger partial charge on any atom is -0.310 e. The molecule has 10 rings (SSSR count). The van der Waals surface area contributed by atoms with Gasteiger partial charge in [-0.3, -0.25) is 4.57 Å². The van der Waals surface area contributed by atoms with E-state index in [0.29, 0.717) is 0 Å². The van der Waals surface area contributed by atoms with Crippen LogP contribution in [0, 0.1) is 0 Å². The molecule has 51 heavy (non-hydrogen) atoms. The van der Waals surface area contributed by atoms with Gasteiger partial charge in [-0.15, -0.1) is 0 Å². The monoisotopic (exact) mass is 651 g/mol. The van der Waals surface area contributed by atoms with Crippen LogP contribution >= 0.6 is 0 Å². The number of benzene rings is 6. The van der Waals surface area contributed by atoms with Crippen LogP contribution < -0.4 is 0 Å². The fourth-order valence-electron chi connectivity index (χ4n) is 7.83. The second kappa shape index (κ2) is 12.0. The molecular formula is C48H33N3. The minimum absolute atomic E-state index is 0.760. The summed E-state index contributed by atoms with van der Waals surface area (Å²) in [4.78, 5) is 5.36. The van der Waals surface area contributed by atoms with E-state index in [1.165, 1.54) is 49.7 Å². The van der Waals surface area contributed by atoms with Gasteiger partial charge in [0.25, 0.3) is 0 Å². The number of fused-ring (bicyclic) bond motifs is 6. The van der Waals surface area contributed by atoms with Gasteiger partial charge in [0.1, 0.15) is 0 Å². The Balaban J connectivity index is 1.18. The quantitative estimate of drug-likeness (QED) is 0.165. The number of nitrogens with zero attached hydrogens (tertiary/aromatic N) is 3. The fraction of sp³-hybridized carbons (Fsp3) is 0.0417. The second-order valence-electron chi connectivity index (χ2n) is 13.2. The molecule has 0 bridgehead atoms. The molecule has 0 radical (unpaired) electrons. The van der Waals surface area contributed by atoms with Crippen molar-refractivity contribution in [3.8, 4) is 16.8 Å². The number of allylic oxidation sites excluding steroid dienone is 4. The Labute approximate surface area is 296 Å². The van der Waals surface area contributed by atoms with Crippen molar-refractivity contribution in [3.63, 3.8) is 0 Å². The lowest BCUT2D eigenvalue weighted by atomic mass is 9.97. The zero-order chi connectivity index (χ0) is 33.7. The standard InChI is InChI=1S/C48H33N3/c1-4-14-33(15-5-1)36-26-29-48(49-43(31-36)34-16-6-2-7-17-34)51-45-23-13-10-20-39(45)41-27-24-37(32-47(41)51)35-25-28-46-42(30-35)40-21-11-12-22-44(40)50(46)38-18-8-3-9-19-38/h1-10,12-20,22-28,30-32H,11,21H2. The van der Waals surface area contributed by atoms with Crippen molar-refractivity contribution in [3.05, 3.63) is 198 Å². The van der Waals surface area contributed by atoms with Gasteiger partial charge in [-0.25, -0.2) is 4.99 Å². The Morgan fingerprint density at radius 1 is 0.529 bits per heavy atom. The molecule has 240 valence electrons. The number of rotatable bonds is 5. The van der Waals surface area contributed by atoms with Crippen LogP contribution in [-0.4, -0.2) is 14.8 Å². The molecule has 3 heteroatoms. The van der Waals surface area contributed by atoms with Crippen molar-refractivity contribution in [2.24, 2.45) is 4.99 Å². The van der Waals surface area contributed by atoms with Gasteiger partial charge in [-0.2, -0.15) is 0 Å². The number of hydrogen-bond donors (Lipinski definition) is 0. The predicted molar refractivity (Wildman–Crippen MR) is 214 cm³/mol. The van der Waals surface area contributed by atoms with Crippen LogP contribution in [0.3, 0.4) is 0 Å². The molecule has 2 aromatic heterocycles. The van der Waals surface area contributed by atoms with E-state index in [2.05, 4.69) is 185 Å². The third-order valence-corrected chi connectivity index (χ3v) is 10.2. The number of aliphatic imine (C=N–C) groups is 1. The molecule has 0 saturated carbocycles. The highest BCUT2D eigenvalue weighted by Crippen LogP contribution is 2.39. The zero-order valence-electron chi connectivity index (χ0n) is 28.0. The average molecular weight is 652 g/mol. The Kier molecular flexibility index (Phi) is 6.90. The minimum atomic E-state index is 0.760. The van der Waals surface area contributed by atoms with Gasteiger partial charge < -0.3 is 4.57 Å². The largest absolute Gasteiger partial charge is 0.310 e. The van der Waals surface area contributed by atoms with Gasteiger partial charge >= 0.3 is 0 Å². The molecule has 1 aliphatic heterocycles. The van der Waals surface area contributed by atoms with Crippen LogP contribution in [-0.2, 0) is 6.42 Å². The van der Waals surface area contributed by atoms with Gasteiger partial charge in [-0.05, 0) is 95.3 Å². The first-order valence-electron chi connectivity index (χ1n) is 17.6. The molecule has 0 N–H and O–H groups in total. The molecule has 0 atom stereocenters. The van der Waals surface area contributed by atoms with Gasteiger partial charge in [0, 0.05) is 33.1 Å². The highest BCUT2D eigenvalue weighted by molar-refractivity contribution is 6.16. The summed E-state index contributed by atoms with van der Waals surface area (Å²) in [6.07, 6.45) is 11.0. The smallest absolute Gasteiger partial charge is 0.183 e. The number of para-hydroxylation sites is 2. The maximum absolute atomic E-state index is 5.36. The zero-order valence-corrected chi connectivity index (χ0v) is 28.0. The summed E-state index contributed by atoms with van der Waals surface area (Å²) in [6.45, 7) is 0. The summed E-state index contributed by atoms with van der Waals surface area (Å²) in [5.74, 6) is 0.760. The summed E-state index contributed by atoms with van der Waals surface area (Å²) in [5, 5.41) is 3.71. The lowest BCUT2D eigenvalue weighted by Crippen LogP contribution is -2.01. The molecule has 0 amide bonds. The van der Waals surface area contributed by atoms with Crippen molar-refractivity contribution >= 4 is 55.9 Å². The predicted octanol–water partition coefficient (Wildman–Crippen LogP) is 11.9. The van der Waals surface area contributed by atoms with Gasteiger partial charge in [0.2, 0.25) is 0 Å². The molecule has 3 nitrogen and oxygen atoms in total. The van der Waals surface area contributed by atoms with Crippen LogP contribution in [0.5, 0.6) is 0 Å². The van der Waals surface area contributed by atoms with Gasteiger partial charge in [0.05, 0.1) is 22.3 Å². The first kappa shape index (κ1) is 29.3. The Morgan fingerprint density at radius 2 is 1.20 bits per heavy atom. The van der Waals surface area contributed by atoms with Crippen molar-refractivity contribution in [1.82, 2.24) is 9.13 Å². The third-order valence-electron chi connectivity index (χ3n) is 10.2.